The molecular formula is C15H17N3O2S2. The Morgan fingerprint density at radius 3 is 2.59 bits per heavy atom. The smallest absolute Gasteiger partial charge is 0.257 e. The summed E-state index contributed by atoms with van der Waals surface area (Å²) in [5, 5.41) is 12.0. The van der Waals surface area contributed by atoms with Crippen molar-refractivity contribution in [2.75, 3.05) is 16.8 Å². The second-order valence-corrected chi connectivity index (χ2v) is 7.76. The molecule has 3 rings (SSSR count). The second kappa shape index (κ2) is 6.66. The molecule has 1 aliphatic rings. The molecule has 0 unspecified atom stereocenters. The first kappa shape index (κ1) is 15.3. The van der Waals surface area contributed by atoms with Crippen molar-refractivity contribution in [1.82, 2.24) is 9.55 Å². The molecule has 0 spiro atoms. The summed E-state index contributed by atoms with van der Waals surface area (Å²) < 4.78 is 2.04. The molecule has 0 bridgehead atoms. The van der Waals surface area contributed by atoms with Crippen molar-refractivity contribution in [2.45, 2.75) is 11.0 Å². The lowest BCUT2D eigenvalue weighted by Gasteiger charge is -2.21. The topological polar surface area (TPSA) is 67.2 Å². The Balaban J connectivity index is 1.69. The van der Waals surface area contributed by atoms with Gasteiger partial charge in [-0.3, -0.25) is 10.1 Å². The van der Waals surface area contributed by atoms with E-state index in [0.29, 0.717) is 16.1 Å². The number of hydrogen-bond donors (Lipinski definition) is 2. The Labute approximate surface area is 137 Å². The molecule has 1 fully saturated rings. The van der Waals surface area contributed by atoms with Crippen LogP contribution < -0.4 is 5.32 Å². The first-order valence-corrected chi connectivity index (χ1v) is 9.10. The van der Waals surface area contributed by atoms with Crippen molar-refractivity contribution < 1.29 is 9.90 Å². The maximum Gasteiger partial charge on any atom is 0.257 e. The number of carbonyl (C=O) groups excluding carboxylic acids is 1. The number of carbonyl (C=O) groups is 1. The van der Waals surface area contributed by atoms with Gasteiger partial charge in [0.05, 0.1) is 10.8 Å². The number of anilines is 1. The summed E-state index contributed by atoms with van der Waals surface area (Å²) in [6.45, 7) is 0. The minimum absolute atomic E-state index is 0.112. The zero-order valence-corrected chi connectivity index (χ0v) is 13.8. The minimum atomic E-state index is -0.232. The van der Waals surface area contributed by atoms with E-state index in [1.54, 1.807) is 11.6 Å². The van der Waals surface area contributed by atoms with Crippen molar-refractivity contribution in [1.29, 1.82) is 0 Å². The number of rotatable bonds is 3. The highest BCUT2D eigenvalue weighted by Crippen LogP contribution is 2.43. The van der Waals surface area contributed by atoms with Gasteiger partial charge < -0.3 is 9.67 Å². The number of aromatic nitrogens is 2. The van der Waals surface area contributed by atoms with Gasteiger partial charge in [0.15, 0.2) is 0 Å². The van der Waals surface area contributed by atoms with Gasteiger partial charge in [-0.15, -0.1) is 23.5 Å². The van der Waals surface area contributed by atoms with Crippen LogP contribution >= 0.6 is 23.5 Å². The normalized spacial score (nSPS) is 15.7. The summed E-state index contributed by atoms with van der Waals surface area (Å²) in [4.78, 5) is 16.1. The number of benzene rings is 1. The Hall–Kier alpha value is -1.60. The van der Waals surface area contributed by atoms with Crippen LogP contribution in [-0.4, -0.2) is 32.1 Å². The quantitative estimate of drug-likeness (QED) is 0.901. The fourth-order valence-corrected chi connectivity index (χ4v) is 5.11. The van der Waals surface area contributed by atoms with Crippen LogP contribution in [0.5, 0.6) is 5.88 Å². The largest absolute Gasteiger partial charge is 0.492 e. The van der Waals surface area contributed by atoms with E-state index >= 15 is 0 Å². The molecule has 0 atom stereocenters. The van der Waals surface area contributed by atoms with Crippen LogP contribution in [0, 0.1) is 0 Å². The van der Waals surface area contributed by atoms with E-state index in [0.717, 1.165) is 0 Å². The second-order valence-electron chi connectivity index (χ2n) is 5.04. The Bertz CT molecular complexity index is 664. The van der Waals surface area contributed by atoms with Crippen molar-refractivity contribution in [2.24, 2.45) is 7.05 Å². The molecule has 116 valence electrons. The average Bonchev–Trinajstić information content (AvgIpc) is 2.86. The highest BCUT2D eigenvalue weighted by atomic mass is 32.2. The molecular weight excluding hydrogens is 318 g/mol. The van der Waals surface area contributed by atoms with Gasteiger partial charge in [0, 0.05) is 12.6 Å². The monoisotopic (exact) mass is 335 g/mol. The van der Waals surface area contributed by atoms with Crippen LogP contribution in [0.1, 0.15) is 26.9 Å². The lowest BCUT2D eigenvalue weighted by Crippen LogP contribution is -2.15. The van der Waals surface area contributed by atoms with Gasteiger partial charge in [-0.1, -0.05) is 12.1 Å². The van der Waals surface area contributed by atoms with Gasteiger partial charge in [0.1, 0.15) is 0 Å². The van der Waals surface area contributed by atoms with Gasteiger partial charge in [0.25, 0.3) is 5.91 Å². The molecule has 2 heterocycles. The van der Waals surface area contributed by atoms with Crippen LogP contribution in [0.25, 0.3) is 0 Å². The Morgan fingerprint density at radius 1 is 1.32 bits per heavy atom. The Morgan fingerprint density at radius 2 is 2.00 bits per heavy atom. The molecule has 7 heteroatoms. The highest BCUT2D eigenvalue weighted by Gasteiger charge is 2.17. The highest BCUT2D eigenvalue weighted by molar-refractivity contribution is 8.16. The van der Waals surface area contributed by atoms with Gasteiger partial charge in [-0.25, -0.2) is 0 Å². The van der Waals surface area contributed by atoms with E-state index in [4.69, 9.17) is 0 Å². The molecule has 1 amide bonds. The first-order valence-electron chi connectivity index (χ1n) is 7.00. The molecule has 2 aromatic rings. The lowest BCUT2D eigenvalue weighted by atomic mass is 10.1. The summed E-state index contributed by atoms with van der Waals surface area (Å²) in [5.74, 6) is 2.37. The molecule has 1 aliphatic heterocycles. The molecule has 0 saturated carbocycles. The van der Waals surface area contributed by atoms with Crippen LogP contribution in [0.4, 0.5) is 5.95 Å². The standard InChI is InChI=1S/C15H17N3O2S2/c1-18-9-12(19)16-15(18)17-13(20)10-3-5-11(6-4-10)14-21-7-2-8-22-14/h3-6,9,14,19H,2,7-8H2,1H3,(H,16,17,20). The minimum Gasteiger partial charge on any atom is -0.492 e. The summed E-state index contributed by atoms with van der Waals surface area (Å²) in [6, 6.07) is 7.70. The number of nitrogens with one attached hydrogen (secondary N) is 1. The molecule has 0 radical (unpaired) electrons. The third kappa shape index (κ3) is 3.41. The van der Waals surface area contributed by atoms with Crippen molar-refractivity contribution in [3.63, 3.8) is 0 Å². The average molecular weight is 335 g/mol. The number of aromatic hydroxyl groups is 1. The zero-order chi connectivity index (χ0) is 15.5. The van der Waals surface area contributed by atoms with Crippen molar-refractivity contribution >= 4 is 35.4 Å². The summed E-state index contributed by atoms with van der Waals surface area (Å²) in [6.07, 6.45) is 2.71. The third-order valence-electron chi connectivity index (χ3n) is 3.36. The number of thioether (sulfide) groups is 2. The number of amides is 1. The van der Waals surface area contributed by atoms with E-state index in [2.05, 4.69) is 10.3 Å². The Kier molecular flexibility index (Phi) is 4.63. The van der Waals surface area contributed by atoms with Crippen molar-refractivity contribution in [3.05, 3.63) is 41.6 Å². The van der Waals surface area contributed by atoms with Crippen LogP contribution in [0.2, 0.25) is 0 Å². The SMILES string of the molecule is Cn1cc(O)nc1NC(=O)c1ccc(C2SCCCS2)cc1. The molecule has 2 N–H and O–H groups in total. The van der Waals surface area contributed by atoms with Crippen LogP contribution in [0.3, 0.4) is 0 Å². The molecule has 0 aliphatic carbocycles. The van der Waals surface area contributed by atoms with Crippen molar-refractivity contribution in [3.8, 4) is 5.88 Å². The van der Waals surface area contributed by atoms with E-state index in [1.165, 1.54) is 29.7 Å². The predicted molar refractivity (Wildman–Crippen MR) is 91.5 cm³/mol. The van der Waals surface area contributed by atoms with Crippen LogP contribution in [0.15, 0.2) is 30.5 Å². The molecule has 22 heavy (non-hydrogen) atoms. The number of aryl methyl sites for hydroxylation is 1. The summed E-state index contributed by atoms with van der Waals surface area (Å²) >= 11 is 3.92. The number of imidazole rings is 1. The zero-order valence-electron chi connectivity index (χ0n) is 12.2. The molecule has 1 saturated heterocycles. The van der Waals surface area contributed by atoms with Gasteiger partial charge in [0.2, 0.25) is 11.8 Å². The number of nitrogens with zero attached hydrogens (tertiary/aromatic N) is 2. The third-order valence-corrected chi connectivity index (χ3v) is 6.38. The van der Waals surface area contributed by atoms with Gasteiger partial charge in [-0.05, 0) is 35.6 Å². The van der Waals surface area contributed by atoms with E-state index in [1.807, 2.05) is 47.8 Å². The maximum atomic E-state index is 12.2. The fourth-order valence-electron chi connectivity index (χ4n) is 2.21. The number of hydrogen-bond acceptors (Lipinski definition) is 5. The predicted octanol–water partition coefficient (Wildman–Crippen LogP) is 3.25. The van der Waals surface area contributed by atoms with E-state index in [-0.39, 0.29) is 11.8 Å². The summed E-state index contributed by atoms with van der Waals surface area (Å²) in [7, 11) is 1.71. The first-order chi connectivity index (χ1) is 10.6. The lowest BCUT2D eigenvalue weighted by molar-refractivity contribution is 0.102. The fraction of sp³-hybridized carbons (Fsp3) is 0.333. The molecule has 1 aromatic heterocycles. The summed E-state index contributed by atoms with van der Waals surface area (Å²) in [5.41, 5.74) is 1.83. The van der Waals surface area contributed by atoms with Gasteiger partial charge >= 0.3 is 0 Å². The van der Waals surface area contributed by atoms with E-state index in [9.17, 15) is 9.90 Å². The maximum absolute atomic E-state index is 12.2. The van der Waals surface area contributed by atoms with Gasteiger partial charge in [-0.2, -0.15) is 4.98 Å². The molecule has 5 nitrogen and oxygen atoms in total. The molecule has 1 aromatic carbocycles. The van der Waals surface area contributed by atoms with Crippen LogP contribution in [-0.2, 0) is 7.05 Å². The van der Waals surface area contributed by atoms with E-state index < -0.39 is 0 Å².